The highest BCUT2D eigenvalue weighted by molar-refractivity contribution is 7.15. The number of thiazole rings is 1. The summed E-state index contributed by atoms with van der Waals surface area (Å²) in [4.78, 5) is 32.0. The van der Waals surface area contributed by atoms with Crippen molar-refractivity contribution in [2.24, 2.45) is 5.92 Å². The molecule has 1 amide bonds. The van der Waals surface area contributed by atoms with Gasteiger partial charge in [-0.05, 0) is 43.0 Å². The number of hydrogen-bond acceptors (Lipinski definition) is 5. The molecule has 6 nitrogen and oxygen atoms in total. The minimum atomic E-state index is -0.399. The maximum absolute atomic E-state index is 12.4. The maximum Gasteiger partial charge on any atom is 0.271 e. The second-order valence-corrected chi connectivity index (χ2v) is 8.36. The van der Waals surface area contributed by atoms with E-state index in [1.54, 1.807) is 11.6 Å². The highest BCUT2D eigenvalue weighted by Crippen LogP contribution is 2.18. The molecule has 1 fully saturated rings. The predicted octanol–water partition coefficient (Wildman–Crippen LogP) is 2.92. The van der Waals surface area contributed by atoms with Crippen LogP contribution in [0.5, 0.6) is 0 Å². The molecule has 0 aliphatic carbocycles. The van der Waals surface area contributed by atoms with E-state index in [1.807, 2.05) is 12.1 Å². The third-order valence-electron chi connectivity index (χ3n) is 5.35. The topological polar surface area (TPSA) is 66.7 Å². The van der Waals surface area contributed by atoms with Crippen LogP contribution in [-0.2, 0) is 13.1 Å². The van der Waals surface area contributed by atoms with E-state index >= 15 is 0 Å². The zero-order chi connectivity index (χ0) is 19.5. The summed E-state index contributed by atoms with van der Waals surface area (Å²) in [7, 11) is 0. The molecule has 3 aromatic rings. The molecule has 0 bridgehead atoms. The maximum atomic E-state index is 12.4. The van der Waals surface area contributed by atoms with E-state index in [9.17, 15) is 9.59 Å². The summed E-state index contributed by atoms with van der Waals surface area (Å²) in [5.74, 6) is 0.440. The Bertz CT molecular complexity index is 1020. The lowest BCUT2D eigenvalue weighted by Crippen LogP contribution is -2.32. The summed E-state index contributed by atoms with van der Waals surface area (Å²) < 4.78 is 1.40. The highest BCUT2D eigenvalue weighted by Gasteiger charge is 2.16. The van der Waals surface area contributed by atoms with E-state index < -0.39 is 5.91 Å². The number of piperidine rings is 1. The average Bonchev–Trinajstić information content (AvgIpc) is 3.19. The van der Waals surface area contributed by atoms with Gasteiger partial charge >= 0.3 is 0 Å². The van der Waals surface area contributed by atoms with Crippen LogP contribution in [-0.4, -0.2) is 33.3 Å². The van der Waals surface area contributed by atoms with Gasteiger partial charge in [-0.2, -0.15) is 0 Å². The fourth-order valence-corrected chi connectivity index (χ4v) is 4.17. The smallest absolute Gasteiger partial charge is 0.271 e. The molecule has 1 N–H and O–H groups in total. The van der Waals surface area contributed by atoms with Crippen LogP contribution in [0.2, 0.25) is 0 Å². The number of nitrogens with one attached hydrogen (secondary N) is 1. The number of hydrogen-bond donors (Lipinski definition) is 1. The monoisotopic (exact) mass is 396 g/mol. The number of fused-ring (bicyclic) bond motifs is 1. The first-order valence-electron chi connectivity index (χ1n) is 9.63. The van der Waals surface area contributed by atoms with Gasteiger partial charge in [0.2, 0.25) is 0 Å². The van der Waals surface area contributed by atoms with Crippen LogP contribution in [0.1, 0.15) is 41.3 Å². The van der Waals surface area contributed by atoms with E-state index in [0.29, 0.717) is 11.5 Å². The quantitative estimate of drug-likeness (QED) is 0.720. The van der Waals surface area contributed by atoms with Crippen LogP contribution in [0.25, 0.3) is 4.96 Å². The molecular weight excluding hydrogens is 372 g/mol. The molecule has 0 unspecified atom stereocenters. The van der Waals surface area contributed by atoms with Gasteiger partial charge in [0.1, 0.15) is 5.56 Å². The number of amides is 1. The molecule has 7 heteroatoms. The van der Waals surface area contributed by atoms with Crippen molar-refractivity contribution in [1.29, 1.82) is 0 Å². The van der Waals surface area contributed by atoms with Crippen molar-refractivity contribution in [2.45, 2.75) is 32.9 Å². The molecule has 0 saturated carbocycles. The van der Waals surface area contributed by atoms with Crippen LogP contribution in [0.3, 0.4) is 0 Å². The molecule has 0 atom stereocenters. The lowest BCUT2D eigenvalue weighted by molar-refractivity contribution is 0.0949. The molecule has 0 spiro atoms. The summed E-state index contributed by atoms with van der Waals surface area (Å²) in [6.07, 6.45) is 5.53. The van der Waals surface area contributed by atoms with Gasteiger partial charge in [0, 0.05) is 30.9 Å². The Morgan fingerprint density at radius 3 is 2.68 bits per heavy atom. The Morgan fingerprint density at radius 1 is 1.21 bits per heavy atom. The Hall–Kier alpha value is -2.51. The first-order valence-corrected chi connectivity index (χ1v) is 10.5. The summed E-state index contributed by atoms with van der Waals surface area (Å²) >= 11 is 1.36. The summed E-state index contributed by atoms with van der Waals surface area (Å²) in [5.41, 5.74) is 2.02. The van der Waals surface area contributed by atoms with E-state index in [0.717, 1.165) is 31.1 Å². The number of nitrogens with zero attached hydrogens (tertiary/aromatic N) is 3. The van der Waals surface area contributed by atoms with Crippen molar-refractivity contribution >= 4 is 22.2 Å². The second kappa shape index (κ2) is 8.24. The molecular formula is C21H24N4O2S. The Kier molecular flexibility index (Phi) is 5.54. The standard InChI is InChI=1S/C21H24N4O2S/c1-15-6-8-24(9-7-15)14-17-4-2-16(3-5-17)12-22-19(26)18-13-23-21-25(20(18)27)10-11-28-21/h2-5,10-11,13,15H,6-9,12,14H2,1H3,(H,22,26). The molecule has 1 aliphatic heterocycles. The van der Waals surface area contributed by atoms with Gasteiger partial charge in [0.25, 0.3) is 11.5 Å². The Balaban J connectivity index is 1.34. The number of carbonyl (C=O) groups excluding carboxylic acids is 1. The first kappa shape index (κ1) is 18.8. The van der Waals surface area contributed by atoms with Crippen molar-refractivity contribution in [1.82, 2.24) is 19.6 Å². The van der Waals surface area contributed by atoms with Crippen LogP contribution in [0.4, 0.5) is 0 Å². The van der Waals surface area contributed by atoms with Crippen LogP contribution in [0.15, 0.2) is 46.8 Å². The minimum absolute atomic E-state index is 0.0619. The van der Waals surface area contributed by atoms with Crippen LogP contribution >= 0.6 is 11.3 Å². The van der Waals surface area contributed by atoms with Gasteiger partial charge in [0.15, 0.2) is 4.96 Å². The molecule has 2 aromatic heterocycles. The summed E-state index contributed by atoms with van der Waals surface area (Å²) in [5, 5.41) is 4.59. The predicted molar refractivity (Wildman–Crippen MR) is 111 cm³/mol. The molecule has 28 heavy (non-hydrogen) atoms. The minimum Gasteiger partial charge on any atom is -0.348 e. The first-order chi connectivity index (χ1) is 13.6. The zero-order valence-electron chi connectivity index (χ0n) is 15.9. The number of likely N-dealkylation sites (tertiary alicyclic amines) is 1. The summed E-state index contributed by atoms with van der Waals surface area (Å²) in [6, 6.07) is 8.31. The Labute approximate surface area is 167 Å². The largest absolute Gasteiger partial charge is 0.348 e. The van der Waals surface area contributed by atoms with Crippen LogP contribution < -0.4 is 10.9 Å². The van der Waals surface area contributed by atoms with Gasteiger partial charge < -0.3 is 5.32 Å². The molecule has 1 aromatic carbocycles. The van der Waals surface area contributed by atoms with E-state index in [-0.39, 0.29) is 11.1 Å². The van der Waals surface area contributed by atoms with Crippen molar-refractivity contribution < 1.29 is 4.79 Å². The van der Waals surface area contributed by atoms with Crippen LogP contribution in [0, 0.1) is 5.92 Å². The van der Waals surface area contributed by atoms with Gasteiger partial charge in [0.05, 0.1) is 0 Å². The lowest BCUT2D eigenvalue weighted by Gasteiger charge is -2.30. The number of aromatic nitrogens is 2. The molecule has 1 aliphatic rings. The van der Waals surface area contributed by atoms with E-state index in [1.165, 1.54) is 40.3 Å². The average molecular weight is 397 g/mol. The van der Waals surface area contributed by atoms with Crippen molar-refractivity contribution in [3.63, 3.8) is 0 Å². The fourth-order valence-electron chi connectivity index (χ4n) is 3.50. The Morgan fingerprint density at radius 2 is 1.93 bits per heavy atom. The third-order valence-corrected chi connectivity index (χ3v) is 6.12. The number of benzene rings is 1. The van der Waals surface area contributed by atoms with Crippen molar-refractivity contribution in [2.75, 3.05) is 13.1 Å². The van der Waals surface area contributed by atoms with Gasteiger partial charge in [-0.25, -0.2) is 4.98 Å². The molecule has 0 radical (unpaired) electrons. The molecule has 3 heterocycles. The second-order valence-electron chi connectivity index (χ2n) is 7.49. The van der Waals surface area contributed by atoms with Crippen molar-refractivity contribution in [3.05, 3.63) is 69.1 Å². The van der Waals surface area contributed by atoms with Gasteiger partial charge in [-0.1, -0.05) is 31.2 Å². The third kappa shape index (κ3) is 4.15. The SMILES string of the molecule is CC1CCN(Cc2ccc(CNC(=O)c3cnc4sccn4c3=O)cc2)CC1. The van der Waals surface area contributed by atoms with E-state index in [2.05, 4.69) is 34.3 Å². The van der Waals surface area contributed by atoms with Gasteiger partial charge in [-0.3, -0.25) is 18.9 Å². The van der Waals surface area contributed by atoms with Crippen molar-refractivity contribution in [3.8, 4) is 0 Å². The van der Waals surface area contributed by atoms with E-state index in [4.69, 9.17) is 0 Å². The molecule has 4 rings (SSSR count). The van der Waals surface area contributed by atoms with Gasteiger partial charge in [-0.15, -0.1) is 11.3 Å². The molecule has 1 saturated heterocycles. The zero-order valence-corrected chi connectivity index (χ0v) is 16.7. The lowest BCUT2D eigenvalue weighted by atomic mass is 9.99. The number of rotatable bonds is 5. The summed E-state index contributed by atoms with van der Waals surface area (Å²) in [6.45, 7) is 6.01. The normalized spacial score (nSPS) is 15.8. The fraction of sp³-hybridized carbons (Fsp3) is 0.381. The highest BCUT2D eigenvalue weighted by atomic mass is 32.1. The molecule has 146 valence electrons. The number of carbonyl (C=O) groups is 1.